The zero-order valence-electron chi connectivity index (χ0n) is 20.5. The van der Waals surface area contributed by atoms with Gasteiger partial charge in [-0.2, -0.15) is 5.10 Å². The van der Waals surface area contributed by atoms with Gasteiger partial charge >= 0.3 is 0 Å². The number of aromatic nitrogens is 7. The third kappa shape index (κ3) is 4.58. The molecule has 0 radical (unpaired) electrons. The van der Waals surface area contributed by atoms with Crippen LogP contribution in [0.1, 0.15) is 27.2 Å². The number of H-pyrrole nitrogens is 2. The molecule has 0 aliphatic rings. The van der Waals surface area contributed by atoms with Gasteiger partial charge in [-0.05, 0) is 29.0 Å². The lowest BCUT2D eigenvalue weighted by Crippen LogP contribution is -2.19. The zero-order chi connectivity index (χ0) is 25.6. The van der Waals surface area contributed by atoms with Crippen molar-refractivity contribution in [1.29, 1.82) is 0 Å². The Bertz CT molecular complexity index is 1740. The van der Waals surface area contributed by atoms with Crippen LogP contribution in [0.2, 0.25) is 0 Å². The van der Waals surface area contributed by atoms with Crippen LogP contribution >= 0.6 is 11.3 Å². The van der Waals surface area contributed by atoms with E-state index in [0.29, 0.717) is 29.3 Å². The maximum atomic E-state index is 12.4. The van der Waals surface area contributed by atoms with Gasteiger partial charge in [0.25, 0.3) is 0 Å². The van der Waals surface area contributed by atoms with Gasteiger partial charge in [0.2, 0.25) is 5.91 Å². The van der Waals surface area contributed by atoms with Crippen LogP contribution in [0, 0.1) is 5.41 Å². The molecule has 1 amide bonds. The molecule has 0 spiro atoms. The second-order valence-corrected chi connectivity index (χ2v) is 11.0. The minimum Gasteiger partial charge on any atom is -0.335 e. The van der Waals surface area contributed by atoms with Crippen molar-refractivity contribution in [3.63, 3.8) is 0 Å². The van der Waals surface area contributed by atoms with E-state index < -0.39 is 0 Å². The number of fused-ring (bicyclic) bond motifs is 2. The molecule has 0 aliphatic carbocycles. The van der Waals surface area contributed by atoms with Crippen LogP contribution in [-0.4, -0.2) is 41.0 Å². The zero-order valence-corrected chi connectivity index (χ0v) is 21.3. The molecule has 0 bridgehead atoms. The first kappa shape index (κ1) is 23.0. The number of nitrogens with one attached hydrogen (secondary N) is 3. The minimum absolute atomic E-state index is 0.0479. The molecular formula is C27H24N8OS. The molecule has 37 heavy (non-hydrogen) atoms. The molecule has 0 atom stereocenters. The van der Waals surface area contributed by atoms with Gasteiger partial charge in [-0.3, -0.25) is 24.8 Å². The fraction of sp³-hybridized carbons (Fsp3) is 0.185. The smallest absolute Gasteiger partial charge is 0.224 e. The largest absolute Gasteiger partial charge is 0.335 e. The molecule has 10 heteroatoms. The Hall–Kier alpha value is -4.44. The number of pyridine rings is 3. The number of amides is 1. The summed E-state index contributed by atoms with van der Waals surface area (Å²) in [6.45, 7) is 6.10. The summed E-state index contributed by atoms with van der Waals surface area (Å²) in [5.41, 5.74) is 6.18. The number of carbonyl (C=O) groups is 1. The molecule has 6 aromatic rings. The van der Waals surface area contributed by atoms with Crippen LogP contribution in [0.3, 0.4) is 0 Å². The first-order valence-electron chi connectivity index (χ1n) is 11.8. The standard InChI is InChI=1S/C27H24N8OS/c1-27(2,3)9-23(36)31-16-7-15(10-28-11-16)19-8-17-20(14-30-19)34-35-25(17)26-32-21-13-29-12-18(24(21)33-26)22-5-4-6-37-22/h4-8,10-14H,9H2,1-3H3,(H,31,36)(H,32,33)(H,34,35). The Balaban J connectivity index is 1.36. The Kier molecular flexibility index (Phi) is 5.53. The number of anilines is 1. The second kappa shape index (κ2) is 8.90. The normalized spacial score (nSPS) is 11.9. The van der Waals surface area contributed by atoms with Gasteiger partial charge in [-0.25, -0.2) is 4.98 Å². The van der Waals surface area contributed by atoms with E-state index in [9.17, 15) is 4.79 Å². The predicted molar refractivity (Wildman–Crippen MR) is 146 cm³/mol. The lowest BCUT2D eigenvalue weighted by Gasteiger charge is -2.17. The molecule has 184 valence electrons. The highest BCUT2D eigenvalue weighted by molar-refractivity contribution is 7.13. The summed E-state index contributed by atoms with van der Waals surface area (Å²) in [5, 5.41) is 13.4. The summed E-state index contributed by atoms with van der Waals surface area (Å²) in [5.74, 6) is 0.596. The number of rotatable bonds is 5. The number of hydrogen-bond donors (Lipinski definition) is 3. The summed E-state index contributed by atoms with van der Waals surface area (Å²) in [6, 6.07) is 7.91. The molecule has 0 aromatic carbocycles. The molecular weight excluding hydrogens is 484 g/mol. The van der Waals surface area contributed by atoms with Crippen molar-refractivity contribution in [2.45, 2.75) is 27.2 Å². The minimum atomic E-state index is -0.101. The first-order chi connectivity index (χ1) is 17.8. The SMILES string of the molecule is CC(C)(C)CC(=O)Nc1cncc(-c2cc3c(-c4nc5c(-c6cccs6)cncc5[nH]4)n[nH]c3cn2)c1. The van der Waals surface area contributed by atoms with E-state index in [4.69, 9.17) is 4.98 Å². The summed E-state index contributed by atoms with van der Waals surface area (Å²) in [7, 11) is 0. The van der Waals surface area contributed by atoms with Gasteiger partial charge in [-0.15, -0.1) is 11.3 Å². The van der Waals surface area contributed by atoms with Crippen LogP contribution in [0.15, 0.2) is 60.6 Å². The van der Waals surface area contributed by atoms with Gasteiger partial charge < -0.3 is 10.3 Å². The van der Waals surface area contributed by atoms with Crippen LogP contribution in [0.5, 0.6) is 0 Å². The number of carbonyl (C=O) groups excluding carboxylic acids is 1. The van der Waals surface area contributed by atoms with Crippen molar-refractivity contribution in [2.24, 2.45) is 5.41 Å². The van der Waals surface area contributed by atoms with E-state index in [1.807, 2.05) is 50.5 Å². The van der Waals surface area contributed by atoms with E-state index >= 15 is 0 Å². The fourth-order valence-electron chi connectivity index (χ4n) is 4.25. The number of hydrogen-bond acceptors (Lipinski definition) is 7. The van der Waals surface area contributed by atoms with E-state index in [2.05, 4.69) is 41.5 Å². The lowest BCUT2D eigenvalue weighted by atomic mass is 9.92. The molecule has 6 aromatic heterocycles. The number of aromatic amines is 2. The van der Waals surface area contributed by atoms with Gasteiger partial charge in [0.05, 0.1) is 41.0 Å². The van der Waals surface area contributed by atoms with Crippen LogP contribution in [0.25, 0.3) is 55.2 Å². The quantitative estimate of drug-likeness (QED) is 0.260. The Morgan fingerprint density at radius 2 is 1.92 bits per heavy atom. The van der Waals surface area contributed by atoms with Crippen molar-refractivity contribution < 1.29 is 4.79 Å². The molecule has 0 saturated carbocycles. The van der Waals surface area contributed by atoms with Crippen LogP contribution in [0.4, 0.5) is 5.69 Å². The average Bonchev–Trinajstić information content (AvgIpc) is 3.61. The van der Waals surface area contributed by atoms with E-state index in [1.54, 1.807) is 36.1 Å². The van der Waals surface area contributed by atoms with Crippen LogP contribution in [-0.2, 0) is 4.79 Å². The molecule has 0 aliphatic heterocycles. The average molecular weight is 509 g/mol. The summed E-state index contributed by atoms with van der Waals surface area (Å²) in [4.78, 5) is 35.1. The van der Waals surface area contributed by atoms with Crippen molar-refractivity contribution in [2.75, 3.05) is 5.32 Å². The molecule has 0 saturated heterocycles. The van der Waals surface area contributed by atoms with E-state index in [1.165, 1.54) is 0 Å². The third-order valence-electron chi connectivity index (χ3n) is 5.86. The van der Waals surface area contributed by atoms with Crippen molar-refractivity contribution in [3.05, 3.63) is 60.6 Å². The highest BCUT2D eigenvalue weighted by Gasteiger charge is 2.18. The molecule has 0 fully saturated rings. The maximum absolute atomic E-state index is 12.4. The van der Waals surface area contributed by atoms with Gasteiger partial charge in [0, 0.05) is 40.2 Å². The summed E-state index contributed by atoms with van der Waals surface area (Å²) < 4.78 is 0. The Morgan fingerprint density at radius 1 is 1.05 bits per heavy atom. The topological polar surface area (TPSA) is 125 Å². The maximum Gasteiger partial charge on any atom is 0.224 e. The predicted octanol–water partition coefficient (Wildman–Crippen LogP) is 6.06. The molecule has 3 N–H and O–H groups in total. The Morgan fingerprint density at radius 3 is 2.73 bits per heavy atom. The van der Waals surface area contributed by atoms with Gasteiger partial charge in [-0.1, -0.05) is 26.8 Å². The summed E-state index contributed by atoms with van der Waals surface area (Å²) >= 11 is 1.65. The first-order valence-corrected chi connectivity index (χ1v) is 12.7. The third-order valence-corrected chi connectivity index (χ3v) is 6.76. The van der Waals surface area contributed by atoms with Crippen molar-refractivity contribution in [1.82, 2.24) is 35.1 Å². The molecule has 9 nitrogen and oxygen atoms in total. The Labute approximate surface area is 216 Å². The van der Waals surface area contributed by atoms with Gasteiger partial charge in [0.1, 0.15) is 11.2 Å². The highest BCUT2D eigenvalue weighted by atomic mass is 32.1. The van der Waals surface area contributed by atoms with Crippen molar-refractivity contribution >= 4 is 44.9 Å². The lowest BCUT2D eigenvalue weighted by molar-refractivity contribution is -0.117. The monoisotopic (exact) mass is 508 g/mol. The van der Waals surface area contributed by atoms with Gasteiger partial charge in [0.15, 0.2) is 5.82 Å². The van der Waals surface area contributed by atoms with Crippen LogP contribution < -0.4 is 5.32 Å². The number of imidazole rings is 1. The fourth-order valence-corrected chi connectivity index (χ4v) is 4.98. The molecule has 6 rings (SSSR count). The van der Waals surface area contributed by atoms with Crippen molar-refractivity contribution in [3.8, 4) is 33.2 Å². The number of thiophene rings is 1. The number of nitrogens with zero attached hydrogens (tertiary/aromatic N) is 5. The highest BCUT2D eigenvalue weighted by Crippen LogP contribution is 2.33. The molecule has 0 unspecified atom stereocenters. The van der Waals surface area contributed by atoms with E-state index in [-0.39, 0.29) is 11.3 Å². The van der Waals surface area contributed by atoms with E-state index in [0.717, 1.165) is 37.9 Å². The summed E-state index contributed by atoms with van der Waals surface area (Å²) in [6.07, 6.45) is 9.14. The molecule has 6 heterocycles. The second-order valence-electron chi connectivity index (χ2n) is 10.1.